The molecule has 0 fully saturated rings. The van der Waals surface area contributed by atoms with Crippen LogP contribution in [-0.4, -0.2) is 0 Å². The molecule has 0 N–H and O–H groups in total. The molecule has 2 aromatic carbocycles. The maximum Gasteiger partial charge on any atom is 0.0807 e. The maximum absolute atomic E-state index is 5.86. The minimum atomic E-state index is 0.170. The first-order chi connectivity index (χ1) is 7.86. The summed E-state index contributed by atoms with van der Waals surface area (Å²) in [5.41, 5.74) is 5.18. The van der Waals surface area contributed by atoms with Crippen LogP contribution in [0.1, 0.15) is 24.2 Å². The zero-order valence-corrected chi connectivity index (χ0v) is 9.31. The SMILES string of the molecule is CC1OCc2ccccc2-c2ccccc21. The quantitative estimate of drug-likeness (QED) is 0.639. The van der Waals surface area contributed by atoms with E-state index in [1.807, 2.05) is 0 Å². The van der Waals surface area contributed by atoms with Crippen molar-refractivity contribution in [1.82, 2.24) is 0 Å². The van der Waals surface area contributed by atoms with Gasteiger partial charge in [0.15, 0.2) is 0 Å². The Kier molecular flexibility index (Phi) is 2.26. The summed E-state index contributed by atoms with van der Waals surface area (Å²) in [5.74, 6) is 0. The molecule has 0 radical (unpaired) electrons. The van der Waals surface area contributed by atoms with Crippen molar-refractivity contribution in [2.45, 2.75) is 19.6 Å². The largest absolute Gasteiger partial charge is 0.369 e. The van der Waals surface area contributed by atoms with E-state index < -0.39 is 0 Å². The summed E-state index contributed by atoms with van der Waals surface area (Å²) in [7, 11) is 0. The van der Waals surface area contributed by atoms with Gasteiger partial charge in [-0.05, 0) is 29.2 Å². The van der Waals surface area contributed by atoms with E-state index in [-0.39, 0.29) is 6.10 Å². The number of hydrogen-bond donors (Lipinski definition) is 0. The molecule has 0 saturated heterocycles. The van der Waals surface area contributed by atoms with E-state index in [9.17, 15) is 0 Å². The van der Waals surface area contributed by atoms with Crippen molar-refractivity contribution in [3.63, 3.8) is 0 Å². The van der Waals surface area contributed by atoms with E-state index in [0.29, 0.717) is 6.61 Å². The van der Waals surface area contributed by atoms with Crippen molar-refractivity contribution in [2.24, 2.45) is 0 Å². The van der Waals surface area contributed by atoms with Crippen LogP contribution >= 0.6 is 0 Å². The van der Waals surface area contributed by atoms with Crippen molar-refractivity contribution >= 4 is 0 Å². The Morgan fingerprint density at radius 1 is 0.938 bits per heavy atom. The van der Waals surface area contributed by atoms with Gasteiger partial charge < -0.3 is 4.74 Å². The second-order valence-corrected chi connectivity index (χ2v) is 4.20. The van der Waals surface area contributed by atoms with Gasteiger partial charge in [-0.1, -0.05) is 48.5 Å². The van der Waals surface area contributed by atoms with Gasteiger partial charge in [0.05, 0.1) is 12.7 Å². The van der Waals surface area contributed by atoms with Crippen LogP contribution in [0.2, 0.25) is 0 Å². The predicted molar refractivity (Wildman–Crippen MR) is 65.1 cm³/mol. The van der Waals surface area contributed by atoms with E-state index >= 15 is 0 Å². The van der Waals surface area contributed by atoms with Crippen LogP contribution in [0.15, 0.2) is 48.5 Å². The fourth-order valence-corrected chi connectivity index (χ4v) is 2.31. The Bertz CT molecular complexity index is 516. The molecule has 80 valence electrons. The molecule has 0 amide bonds. The third-order valence-electron chi connectivity index (χ3n) is 3.20. The molecule has 1 heteroatoms. The number of fused-ring (bicyclic) bond motifs is 3. The second-order valence-electron chi connectivity index (χ2n) is 4.20. The number of hydrogen-bond acceptors (Lipinski definition) is 1. The molecule has 1 atom stereocenters. The fourth-order valence-electron chi connectivity index (χ4n) is 2.31. The van der Waals surface area contributed by atoms with Crippen molar-refractivity contribution in [2.75, 3.05) is 0 Å². The normalized spacial score (nSPS) is 18.4. The minimum absolute atomic E-state index is 0.170. The highest BCUT2D eigenvalue weighted by Gasteiger charge is 2.18. The van der Waals surface area contributed by atoms with Gasteiger partial charge in [0.2, 0.25) is 0 Å². The molecule has 0 aliphatic carbocycles. The molecular formula is C15H14O. The Balaban J connectivity index is 2.28. The summed E-state index contributed by atoms with van der Waals surface area (Å²) < 4.78 is 5.86. The monoisotopic (exact) mass is 210 g/mol. The summed E-state index contributed by atoms with van der Waals surface area (Å²) in [4.78, 5) is 0. The summed E-state index contributed by atoms with van der Waals surface area (Å²) in [6, 6.07) is 17.0. The molecule has 16 heavy (non-hydrogen) atoms. The molecule has 0 saturated carbocycles. The summed E-state index contributed by atoms with van der Waals surface area (Å²) >= 11 is 0. The maximum atomic E-state index is 5.86. The molecule has 1 unspecified atom stereocenters. The van der Waals surface area contributed by atoms with E-state index in [2.05, 4.69) is 55.5 Å². The van der Waals surface area contributed by atoms with E-state index in [4.69, 9.17) is 4.74 Å². The lowest BCUT2D eigenvalue weighted by molar-refractivity contribution is 0.0551. The molecule has 1 nitrogen and oxygen atoms in total. The lowest BCUT2D eigenvalue weighted by Crippen LogP contribution is -1.97. The average molecular weight is 210 g/mol. The van der Waals surface area contributed by atoms with Crippen molar-refractivity contribution in [3.05, 3.63) is 59.7 Å². The zero-order valence-electron chi connectivity index (χ0n) is 9.31. The standard InChI is InChI=1S/C15H14O/c1-11-13-7-4-5-9-15(13)14-8-3-2-6-12(14)10-16-11/h2-9,11H,10H2,1H3. The van der Waals surface area contributed by atoms with Crippen molar-refractivity contribution < 1.29 is 4.74 Å². The highest BCUT2D eigenvalue weighted by Crippen LogP contribution is 2.36. The Morgan fingerprint density at radius 3 is 2.50 bits per heavy atom. The van der Waals surface area contributed by atoms with Crippen LogP contribution < -0.4 is 0 Å². The van der Waals surface area contributed by atoms with Crippen LogP contribution in [-0.2, 0) is 11.3 Å². The smallest absolute Gasteiger partial charge is 0.0807 e. The summed E-state index contributed by atoms with van der Waals surface area (Å²) in [5, 5.41) is 0. The summed E-state index contributed by atoms with van der Waals surface area (Å²) in [6.45, 7) is 2.82. The van der Waals surface area contributed by atoms with Gasteiger partial charge in [0.25, 0.3) is 0 Å². The highest BCUT2D eigenvalue weighted by atomic mass is 16.5. The average Bonchev–Trinajstić information content (AvgIpc) is 2.49. The Labute approximate surface area is 95.7 Å². The molecule has 0 bridgehead atoms. The van der Waals surface area contributed by atoms with Crippen LogP contribution in [0, 0.1) is 0 Å². The number of benzene rings is 2. The molecule has 1 aliphatic heterocycles. The van der Waals surface area contributed by atoms with Gasteiger partial charge in [-0.25, -0.2) is 0 Å². The third kappa shape index (κ3) is 1.44. The predicted octanol–water partition coefficient (Wildman–Crippen LogP) is 3.94. The van der Waals surface area contributed by atoms with Gasteiger partial charge in [-0.2, -0.15) is 0 Å². The molecule has 3 rings (SSSR count). The second kappa shape index (κ2) is 3.76. The third-order valence-corrected chi connectivity index (χ3v) is 3.20. The zero-order chi connectivity index (χ0) is 11.0. The van der Waals surface area contributed by atoms with E-state index in [1.54, 1.807) is 0 Å². The Hall–Kier alpha value is -1.60. The molecule has 2 aromatic rings. The molecular weight excluding hydrogens is 196 g/mol. The number of ether oxygens (including phenoxy) is 1. The molecule has 0 aromatic heterocycles. The van der Waals surface area contributed by atoms with Gasteiger partial charge in [-0.15, -0.1) is 0 Å². The van der Waals surface area contributed by atoms with Crippen LogP contribution in [0.3, 0.4) is 0 Å². The van der Waals surface area contributed by atoms with E-state index in [1.165, 1.54) is 22.3 Å². The van der Waals surface area contributed by atoms with Gasteiger partial charge in [-0.3, -0.25) is 0 Å². The first kappa shape index (κ1) is 9.61. The van der Waals surface area contributed by atoms with E-state index in [0.717, 1.165) is 0 Å². The highest BCUT2D eigenvalue weighted by molar-refractivity contribution is 5.71. The topological polar surface area (TPSA) is 9.23 Å². The van der Waals surface area contributed by atoms with Crippen LogP contribution in [0.5, 0.6) is 0 Å². The Morgan fingerprint density at radius 2 is 1.62 bits per heavy atom. The fraction of sp³-hybridized carbons (Fsp3) is 0.200. The van der Waals surface area contributed by atoms with Crippen molar-refractivity contribution in [1.29, 1.82) is 0 Å². The summed E-state index contributed by atoms with van der Waals surface area (Å²) in [6.07, 6.45) is 0.170. The van der Waals surface area contributed by atoms with Gasteiger partial charge in [0.1, 0.15) is 0 Å². The van der Waals surface area contributed by atoms with Crippen LogP contribution in [0.25, 0.3) is 11.1 Å². The van der Waals surface area contributed by atoms with Crippen molar-refractivity contribution in [3.8, 4) is 11.1 Å². The molecule has 1 aliphatic rings. The van der Waals surface area contributed by atoms with Gasteiger partial charge in [0, 0.05) is 0 Å². The lowest BCUT2D eigenvalue weighted by atomic mass is 9.95. The number of rotatable bonds is 0. The molecule has 0 spiro atoms. The first-order valence-corrected chi connectivity index (χ1v) is 5.65. The minimum Gasteiger partial charge on any atom is -0.369 e. The van der Waals surface area contributed by atoms with Gasteiger partial charge >= 0.3 is 0 Å². The van der Waals surface area contributed by atoms with Crippen LogP contribution in [0.4, 0.5) is 0 Å². The first-order valence-electron chi connectivity index (χ1n) is 5.65. The molecule has 1 heterocycles. The lowest BCUT2D eigenvalue weighted by Gasteiger charge is -2.12.